The number of rotatable bonds is 3. The van der Waals surface area contributed by atoms with Crippen molar-refractivity contribution >= 4 is 17.8 Å². The van der Waals surface area contributed by atoms with Gasteiger partial charge >= 0.3 is 5.97 Å². The van der Waals surface area contributed by atoms with Crippen molar-refractivity contribution in [1.82, 2.24) is 0 Å². The fourth-order valence-corrected chi connectivity index (χ4v) is 5.02. The Morgan fingerprint density at radius 3 is 2.69 bits per heavy atom. The molecule has 0 unspecified atom stereocenters. The van der Waals surface area contributed by atoms with E-state index in [-0.39, 0.29) is 29.0 Å². The van der Waals surface area contributed by atoms with Gasteiger partial charge in [0.25, 0.3) is 0 Å². The van der Waals surface area contributed by atoms with Crippen LogP contribution in [-0.2, 0) is 9.63 Å². The van der Waals surface area contributed by atoms with Crippen LogP contribution in [0.1, 0.15) is 66.4 Å². The van der Waals surface area contributed by atoms with Crippen LogP contribution in [0.4, 0.5) is 0 Å². The summed E-state index contributed by atoms with van der Waals surface area (Å²) in [5, 5.41) is 4.45. The van der Waals surface area contributed by atoms with Crippen molar-refractivity contribution in [3.8, 4) is 11.5 Å². The normalized spacial score (nSPS) is 29.7. The van der Waals surface area contributed by atoms with E-state index in [2.05, 4.69) is 32.0 Å². The lowest BCUT2D eigenvalue weighted by Gasteiger charge is -2.33. The molecular formula is C24H31NO4. The van der Waals surface area contributed by atoms with E-state index in [4.69, 9.17) is 14.3 Å². The van der Waals surface area contributed by atoms with Crippen LogP contribution in [0.25, 0.3) is 6.08 Å². The molecule has 1 heterocycles. The lowest BCUT2D eigenvalue weighted by atomic mass is 9.70. The summed E-state index contributed by atoms with van der Waals surface area (Å²) in [4.78, 5) is 17.7. The highest BCUT2D eigenvalue weighted by Gasteiger charge is 2.63. The zero-order chi connectivity index (χ0) is 21.0. The van der Waals surface area contributed by atoms with Crippen LogP contribution in [0.5, 0.6) is 11.5 Å². The van der Waals surface area contributed by atoms with Crippen LogP contribution in [0.15, 0.2) is 28.9 Å². The highest BCUT2D eigenvalue weighted by molar-refractivity contribution is 6.11. The Morgan fingerprint density at radius 1 is 1.24 bits per heavy atom. The highest BCUT2D eigenvalue weighted by Crippen LogP contribution is 2.66. The standard InChI is InChI=1S/C24H31NO4/c1-22(2,3)13-20(26)29-25-21-16(17-9-10-24(21,6)23(17,4)5)11-15-7-8-18-19(12-15)28-14-27-18/h7-8,11-12,17H,9-10,13-14H2,1-6H3/b16-11+,25-21+/t17-,24+/m1/s1. The maximum Gasteiger partial charge on any atom is 0.335 e. The predicted molar refractivity (Wildman–Crippen MR) is 113 cm³/mol. The molecule has 0 amide bonds. The first-order valence-electron chi connectivity index (χ1n) is 10.4. The third kappa shape index (κ3) is 3.34. The molecule has 1 aromatic carbocycles. The van der Waals surface area contributed by atoms with Gasteiger partial charge in [0.05, 0.1) is 12.1 Å². The molecule has 1 aliphatic heterocycles. The Kier molecular flexibility index (Phi) is 4.56. The number of nitrogens with zero attached hydrogens (tertiary/aromatic N) is 1. The second-order valence-electron chi connectivity index (χ2n) is 10.5. The SMILES string of the molecule is CC(C)(C)CC(=O)O/N=C1\C(=C\c2ccc3c(c2)OCO3)[C@H]2CC[C@]1(C)C2(C)C. The van der Waals surface area contributed by atoms with Crippen LogP contribution >= 0.6 is 0 Å². The average molecular weight is 398 g/mol. The van der Waals surface area contributed by atoms with Gasteiger partial charge in [0, 0.05) is 5.41 Å². The van der Waals surface area contributed by atoms with Gasteiger partial charge < -0.3 is 14.3 Å². The topological polar surface area (TPSA) is 57.1 Å². The molecule has 2 atom stereocenters. The maximum atomic E-state index is 12.3. The van der Waals surface area contributed by atoms with Crippen molar-refractivity contribution in [3.05, 3.63) is 29.3 Å². The second kappa shape index (κ2) is 6.61. The fraction of sp³-hybridized carbons (Fsp3) is 0.583. The predicted octanol–water partition coefficient (Wildman–Crippen LogP) is 5.59. The Bertz CT molecular complexity index is 906. The van der Waals surface area contributed by atoms with E-state index in [1.54, 1.807) is 0 Å². The van der Waals surface area contributed by atoms with Gasteiger partial charge in [-0.05, 0) is 58.9 Å². The summed E-state index contributed by atoms with van der Waals surface area (Å²) in [5.41, 5.74) is 2.96. The van der Waals surface area contributed by atoms with Gasteiger partial charge in [-0.1, -0.05) is 52.8 Å². The van der Waals surface area contributed by atoms with E-state index in [0.29, 0.717) is 12.3 Å². The molecule has 4 rings (SSSR count). The Balaban J connectivity index is 1.69. The molecule has 0 N–H and O–H groups in total. The van der Waals surface area contributed by atoms with Crippen LogP contribution in [0.3, 0.4) is 0 Å². The van der Waals surface area contributed by atoms with E-state index >= 15 is 0 Å². The molecule has 2 bridgehead atoms. The molecule has 2 aliphatic carbocycles. The number of fused-ring (bicyclic) bond motifs is 3. The third-order valence-corrected chi connectivity index (χ3v) is 7.03. The number of oxime groups is 1. The first-order valence-corrected chi connectivity index (χ1v) is 10.4. The van der Waals surface area contributed by atoms with Crippen molar-refractivity contribution in [2.45, 2.75) is 60.8 Å². The summed E-state index contributed by atoms with van der Waals surface area (Å²) in [7, 11) is 0. The molecule has 0 radical (unpaired) electrons. The quantitative estimate of drug-likeness (QED) is 0.493. The van der Waals surface area contributed by atoms with Crippen molar-refractivity contribution in [2.24, 2.45) is 27.3 Å². The Hall–Kier alpha value is -2.30. The minimum Gasteiger partial charge on any atom is -0.454 e. The summed E-state index contributed by atoms with van der Waals surface area (Å²) < 4.78 is 11.0. The fourth-order valence-electron chi connectivity index (χ4n) is 5.02. The molecule has 2 saturated carbocycles. The van der Waals surface area contributed by atoms with Crippen molar-refractivity contribution in [1.29, 1.82) is 0 Å². The van der Waals surface area contributed by atoms with E-state index in [1.165, 1.54) is 5.57 Å². The van der Waals surface area contributed by atoms with Gasteiger partial charge in [-0.3, -0.25) is 0 Å². The summed E-state index contributed by atoms with van der Waals surface area (Å²) in [6, 6.07) is 5.97. The summed E-state index contributed by atoms with van der Waals surface area (Å²) in [6.45, 7) is 13.2. The monoisotopic (exact) mass is 397 g/mol. The summed E-state index contributed by atoms with van der Waals surface area (Å²) in [5.74, 6) is 1.65. The zero-order valence-electron chi connectivity index (χ0n) is 18.3. The minimum absolute atomic E-state index is 0.0600. The largest absolute Gasteiger partial charge is 0.454 e. The minimum atomic E-state index is -0.281. The smallest absolute Gasteiger partial charge is 0.335 e. The zero-order valence-corrected chi connectivity index (χ0v) is 18.3. The molecule has 3 aliphatic rings. The van der Waals surface area contributed by atoms with E-state index in [1.807, 2.05) is 39.0 Å². The molecule has 156 valence electrons. The van der Waals surface area contributed by atoms with Gasteiger partial charge in [0.2, 0.25) is 6.79 Å². The number of carbonyl (C=O) groups is 1. The third-order valence-electron chi connectivity index (χ3n) is 7.03. The van der Waals surface area contributed by atoms with Crippen molar-refractivity contribution in [2.75, 3.05) is 6.79 Å². The lowest BCUT2D eigenvalue weighted by molar-refractivity contribution is -0.145. The van der Waals surface area contributed by atoms with Gasteiger partial charge in [0.15, 0.2) is 11.5 Å². The van der Waals surface area contributed by atoms with Crippen molar-refractivity contribution in [3.63, 3.8) is 0 Å². The molecule has 0 aromatic heterocycles. The average Bonchev–Trinajstić information content (AvgIpc) is 3.19. The molecule has 2 fully saturated rings. The molecule has 29 heavy (non-hydrogen) atoms. The number of benzene rings is 1. The van der Waals surface area contributed by atoms with Crippen LogP contribution in [0, 0.1) is 22.2 Å². The molecule has 5 nitrogen and oxygen atoms in total. The highest BCUT2D eigenvalue weighted by atomic mass is 16.7. The van der Waals surface area contributed by atoms with Crippen LogP contribution in [-0.4, -0.2) is 18.5 Å². The van der Waals surface area contributed by atoms with Gasteiger partial charge in [-0.25, -0.2) is 4.79 Å². The van der Waals surface area contributed by atoms with E-state index in [0.717, 1.165) is 35.6 Å². The number of ether oxygens (including phenoxy) is 2. The first-order chi connectivity index (χ1) is 13.5. The van der Waals surface area contributed by atoms with Crippen molar-refractivity contribution < 1.29 is 19.1 Å². The first kappa shape index (κ1) is 20.0. The van der Waals surface area contributed by atoms with Crippen LogP contribution in [0.2, 0.25) is 0 Å². The molecule has 1 aromatic rings. The van der Waals surface area contributed by atoms with E-state index < -0.39 is 0 Å². The number of allylic oxidation sites excluding steroid dienone is 1. The van der Waals surface area contributed by atoms with Crippen LogP contribution < -0.4 is 9.47 Å². The molecule has 0 spiro atoms. The Labute approximate surface area is 173 Å². The van der Waals surface area contributed by atoms with E-state index in [9.17, 15) is 4.79 Å². The number of hydrogen-bond acceptors (Lipinski definition) is 5. The van der Waals surface area contributed by atoms with Gasteiger partial charge in [0.1, 0.15) is 0 Å². The summed E-state index contributed by atoms with van der Waals surface area (Å²) in [6.07, 6.45) is 4.69. The van der Waals surface area contributed by atoms with Gasteiger partial charge in [-0.2, -0.15) is 0 Å². The second-order valence-corrected chi connectivity index (χ2v) is 10.5. The van der Waals surface area contributed by atoms with Gasteiger partial charge in [-0.15, -0.1) is 0 Å². The summed E-state index contributed by atoms with van der Waals surface area (Å²) >= 11 is 0. The number of carbonyl (C=O) groups excluding carboxylic acids is 1. The Morgan fingerprint density at radius 2 is 1.97 bits per heavy atom. The maximum absolute atomic E-state index is 12.3. The molecule has 5 heteroatoms. The lowest BCUT2D eigenvalue weighted by Crippen LogP contribution is -2.33. The molecule has 0 saturated heterocycles. The molecular weight excluding hydrogens is 366 g/mol. The number of hydrogen-bond donors (Lipinski definition) is 0.